The zero-order valence-electron chi connectivity index (χ0n) is 13.2. The zero-order chi connectivity index (χ0) is 16.9. The first-order valence-corrected chi connectivity index (χ1v) is 7.71. The SMILES string of the molecule is CC(NC(=O)c1n[nH]c2ccccc12)C(=O)NCc1ccccc1. The normalized spacial score (nSPS) is 11.9. The van der Waals surface area contributed by atoms with Crippen LogP contribution in [-0.4, -0.2) is 28.1 Å². The van der Waals surface area contributed by atoms with E-state index in [2.05, 4.69) is 20.8 Å². The van der Waals surface area contributed by atoms with Crippen LogP contribution in [0.15, 0.2) is 54.6 Å². The summed E-state index contributed by atoms with van der Waals surface area (Å²) in [6.45, 7) is 2.07. The molecule has 1 atom stereocenters. The first kappa shape index (κ1) is 15.7. The largest absolute Gasteiger partial charge is 0.350 e. The Morgan fingerprint density at radius 3 is 2.58 bits per heavy atom. The molecule has 0 saturated heterocycles. The Morgan fingerprint density at radius 2 is 1.79 bits per heavy atom. The number of nitrogens with zero attached hydrogens (tertiary/aromatic N) is 1. The van der Waals surface area contributed by atoms with Crippen molar-refractivity contribution in [1.29, 1.82) is 0 Å². The molecule has 2 amide bonds. The van der Waals surface area contributed by atoms with E-state index in [4.69, 9.17) is 0 Å². The average Bonchev–Trinajstić information content (AvgIpc) is 3.04. The lowest BCUT2D eigenvalue weighted by Gasteiger charge is -2.13. The third kappa shape index (κ3) is 3.43. The number of hydrogen-bond donors (Lipinski definition) is 3. The van der Waals surface area contributed by atoms with E-state index in [1.807, 2.05) is 54.6 Å². The fraction of sp³-hybridized carbons (Fsp3) is 0.167. The van der Waals surface area contributed by atoms with Gasteiger partial charge in [-0.25, -0.2) is 0 Å². The Kier molecular flexibility index (Phi) is 4.56. The molecule has 0 aliphatic carbocycles. The van der Waals surface area contributed by atoms with Gasteiger partial charge in [0.1, 0.15) is 6.04 Å². The van der Waals surface area contributed by atoms with Crippen LogP contribution in [0.1, 0.15) is 23.0 Å². The van der Waals surface area contributed by atoms with E-state index in [1.165, 1.54) is 0 Å². The minimum absolute atomic E-state index is 0.243. The maximum Gasteiger partial charge on any atom is 0.273 e. The highest BCUT2D eigenvalue weighted by atomic mass is 16.2. The third-order valence-electron chi connectivity index (χ3n) is 3.74. The molecule has 1 aromatic heterocycles. The van der Waals surface area contributed by atoms with Gasteiger partial charge < -0.3 is 10.6 Å². The number of aromatic nitrogens is 2. The van der Waals surface area contributed by atoms with Crippen LogP contribution in [0, 0.1) is 0 Å². The number of para-hydroxylation sites is 1. The number of rotatable bonds is 5. The van der Waals surface area contributed by atoms with Gasteiger partial charge in [0.25, 0.3) is 5.91 Å². The van der Waals surface area contributed by atoms with Crippen LogP contribution in [0.5, 0.6) is 0 Å². The Balaban J connectivity index is 1.60. The number of hydrogen-bond acceptors (Lipinski definition) is 3. The quantitative estimate of drug-likeness (QED) is 0.671. The van der Waals surface area contributed by atoms with Crippen molar-refractivity contribution >= 4 is 22.7 Å². The van der Waals surface area contributed by atoms with Crippen molar-refractivity contribution in [3.05, 3.63) is 65.9 Å². The minimum atomic E-state index is -0.656. The molecule has 2 aromatic carbocycles. The molecule has 0 spiro atoms. The van der Waals surface area contributed by atoms with E-state index < -0.39 is 6.04 Å². The molecule has 6 nitrogen and oxygen atoms in total. The summed E-state index contributed by atoms with van der Waals surface area (Å²) in [5, 5.41) is 13.0. The van der Waals surface area contributed by atoms with Crippen LogP contribution < -0.4 is 10.6 Å². The maximum absolute atomic E-state index is 12.3. The molecule has 0 radical (unpaired) electrons. The summed E-state index contributed by atoms with van der Waals surface area (Å²) >= 11 is 0. The van der Waals surface area contributed by atoms with Gasteiger partial charge in [-0.3, -0.25) is 14.7 Å². The highest BCUT2D eigenvalue weighted by Gasteiger charge is 2.19. The summed E-state index contributed by atoms with van der Waals surface area (Å²) in [5.74, 6) is -0.623. The molecule has 3 rings (SSSR count). The van der Waals surface area contributed by atoms with Gasteiger partial charge in [0.15, 0.2) is 5.69 Å². The Labute approximate surface area is 139 Å². The maximum atomic E-state index is 12.3. The van der Waals surface area contributed by atoms with Gasteiger partial charge in [0.2, 0.25) is 5.91 Å². The van der Waals surface area contributed by atoms with Crippen LogP contribution in [0.3, 0.4) is 0 Å². The average molecular weight is 322 g/mol. The van der Waals surface area contributed by atoms with E-state index in [1.54, 1.807) is 6.92 Å². The standard InChI is InChI=1S/C18H18N4O2/c1-12(17(23)19-11-13-7-3-2-4-8-13)20-18(24)16-14-9-5-6-10-15(14)21-22-16/h2-10,12H,11H2,1H3,(H,19,23)(H,20,24)(H,21,22). The van der Waals surface area contributed by atoms with Crippen molar-refractivity contribution in [3.8, 4) is 0 Å². The van der Waals surface area contributed by atoms with Crippen LogP contribution >= 0.6 is 0 Å². The summed E-state index contributed by atoms with van der Waals surface area (Å²) in [4.78, 5) is 24.5. The van der Waals surface area contributed by atoms with Gasteiger partial charge in [-0.15, -0.1) is 0 Å². The van der Waals surface area contributed by atoms with Crippen LogP contribution in [0.25, 0.3) is 10.9 Å². The Bertz CT molecular complexity index is 858. The van der Waals surface area contributed by atoms with Gasteiger partial charge in [-0.1, -0.05) is 48.5 Å². The molecular weight excluding hydrogens is 304 g/mol. The number of aromatic amines is 1. The molecule has 24 heavy (non-hydrogen) atoms. The molecule has 1 unspecified atom stereocenters. The molecule has 0 aliphatic rings. The van der Waals surface area contributed by atoms with E-state index in [-0.39, 0.29) is 17.5 Å². The molecule has 122 valence electrons. The first-order chi connectivity index (χ1) is 11.6. The second-order valence-electron chi connectivity index (χ2n) is 5.52. The highest BCUT2D eigenvalue weighted by Crippen LogP contribution is 2.14. The van der Waals surface area contributed by atoms with Gasteiger partial charge in [-0.05, 0) is 18.6 Å². The Morgan fingerprint density at radius 1 is 1.08 bits per heavy atom. The van der Waals surface area contributed by atoms with E-state index in [0.717, 1.165) is 16.5 Å². The monoisotopic (exact) mass is 322 g/mol. The number of fused-ring (bicyclic) bond motifs is 1. The van der Waals surface area contributed by atoms with Gasteiger partial charge in [0.05, 0.1) is 5.52 Å². The molecule has 0 fully saturated rings. The van der Waals surface area contributed by atoms with Crippen molar-refractivity contribution < 1.29 is 9.59 Å². The number of H-pyrrole nitrogens is 1. The number of carbonyl (C=O) groups is 2. The second-order valence-corrected chi connectivity index (χ2v) is 5.52. The summed E-state index contributed by atoms with van der Waals surface area (Å²) in [5.41, 5.74) is 2.07. The Hall–Kier alpha value is -3.15. The van der Waals surface area contributed by atoms with Gasteiger partial charge in [-0.2, -0.15) is 5.10 Å². The number of amides is 2. The van der Waals surface area contributed by atoms with Crippen LogP contribution in [0.2, 0.25) is 0 Å². The highest BCUT2D eigenvalue weighted by molar-refractivity contribution is 6.05. The number of carbonyl (C=O) groups excluding carboxylic acids is 2. The van der Waals surface area contributed by atoms with E-state index >= 15 is 0 Å². The lowest BCUT2D eigenvalue weighted by Crippen LogP contribution is -2.44. The van der Waals surface area contributed by atoms with Crippen molar-refractivity contribution in [1.82, 2.24) is 20.8 Å². The predicted molar refractivity (Wildman–Crippen MR) is 91.3 cm³/mol. The minimum Gasteiger partial charge on any atom is -0.350 e. The van der Waals surface area contributed by atoms with Crippen molar-refractivity contribution in [2.45, 2.75) is 19.5 Å². The van der Waals surface area contributed by atoms with Crippen molar-refractivity contribution in [2.75, 3.05) is 0 Å². The van der Waals surface area contributed by atoms with Crippen LogP contribution in [0.4, 0.5) is 0 Å². The number of nitrogens with one attached hydrogen (secondary N) is 3. The first-order valence-electron chi connectivity index (χ1n) is 7.71. The zero-order valence-corrected chi connectivity index (χ0v) is 13.2. The molecular formula is C18H18N4O2. The molecule has 3 aromatic rings. The molecule has 0 bridgehead atoms. The number of benzene rings is 2. The molecule has 0 saturated carbocycles. The van der Waals surface area contributed by atoms with Crippen molar-refractivity contribution in [3.63, 3.8) is 0 Å². The molecule has 1 heterocycles. The fourth-order valence-corrected chi connectivity index (χ4v) is 2.41. The smallest absolute Gasteiger partial charge is 0.273 e. The summed E-state index contributed by atoms with van der Waals surface area (Å²) < 4.78 is 0. The van der Waals surface area contributed by atoms with Crippen LogP contribution in [-0.2, 0) is 11.3 Å². The summed E-state index contributed by atoms with van der Waals surface area (Å²) in [6.07, 6.45) is 0. The van der Waals surface area contributed by atoms with Crippen molar-refractivity contribution in [2.24, 2.45) is 0 Å². The predicted octanol–water partition coefficient (Wildman–Crippen LogP) is 2.00. The molecule has 0 aliphatic heterocycles. The fourth-order valence-electron chi connectivity index (χ4n) is 2.41. The van der Waals surface area contributed by atoms with E-state index in [9.17, 15) is 9.59 Å². The van der Waals surface area contributed by atoms with Gasteiger partial charge in [0, 0.05) is 11.9 Å². The van der Waals surface area contributed by atoms with E-state index in [0.29, 0.717) is 6.54 Å². The lowest BCUT2D eigenvalue weighted by atomic mass is 10.2. The topological polar surface area (TPSA) is 86.9 Å². The summed E-state index contributed by atoms with van der Waals surface area (Å²) in [7, 11) is 0. The molecule has 3 N–H and O–H groups in total. The summed E-state index contributed by atoms with van der Waals surface area (Å²) in [6, 6.07) is 16.3. The lowest BCUT2D eigenvalue weighted by molar-refractivity contribution is -0.122. The second kappa shape index (κ2) is 6.95. The van der Waals surface area contributed by atoms with Gasteiger partial charge >= 0.3 is 0 Å². The molecule has 6 heteroatoms. The third-order valence-corrected chi connectivity index (χ3v) is 3.74.